The van der Waals surface area contributed by atoms with E-state index in [1.807, 2.05) is 31.2 Å². The first kappa shape index (κ1) is 9.49. The second-order valence-electron chi connectivity index (χ2n) is 2.67. The van der Waals surface area contributed by atoms with Gasteiger partial charge in [-0.05, 0) is 24.6 Å². The molecule has 3 nitrogen and oxygen atoms in total. The highest BCUT2D eigenvalue weighted by atomic mass is 16.5. The van der Waals surface area contributed by atoms with E-state index in [0.717, 1.165) is 11.3 Å². The molecular formula is C10H11NO2. The van der Waals surface area contributed by atoms with Gasteiger partial charge in [-0.25, -0.2) is 4.79 Å². The number of benzene rings is 1. The number of aliphatic imine (C=N–C) groups is 1. The van der Waals surface area contributed by atoms with Crippen molar-refractivity contribution in [1.82, 2.24) is 0 Å². The second-order valence-corrected chi connectivity index (χ2v) is 2.67. The highest BCUT2D eigenvalue weighted by Gasteiger charge is 2.03. The molecule has 1 atom stereocenters. The zero-order valence-electron chi connectivity index (χ0n) is 7.65. The van der Waals surface area contributed by atoms with E-state index in [1.54, 1.807) is 7.11 Å². The van der Waals surface area contributed by atoms with E-state index in [0.29, 0.717) is 0 Å². The maximum atomic E-state index is 10.0. The van der Waals surface area contributed by atoms with Crippen LogP contribution in [0.2, 0.25) is 0 Å². The fraction of sp³-hybridized carbons (Fsp3) is 0.300. The molecule has 0 aliphatic heterocycles. The smallest absolute Gasteiger partial charge is 0.235 e. The quantitative estimate of drug-likeness (QED) is 0.523. The van der Waals surface area contributed by atoms with E-state index in [-0.39, 0.29) is 6.04 Å². The molecule has 0 aliphatic carbocycles. The highest BCUT2D eigenvalue weighted by molar-refractivity contribution is 5.37. The van der Waals surface area contributed by atoms with Gasteiger partial charge in [0.05, 0.1) is 13.2 Å². The van der Waals surface area contributed by atoms with E-state index in [2.05, 4.69) is 4.99 Å². The van der Waals surface area contributed by atoms with Gasteiger partial charge in [-0.15, -0.1) is 0 Å². The van der Waals surface area contributed by atoms with Crippen molar-refractivity contribution in [3.05, 3.63) is 29.8 Å². The molecule has 0 unspecified atom stereocenters. The van der Waals surface area contributed by atoms with Crippen molar-refractivity contribution in [2.24, 2.45) is 4.99 Å². The maximum Gasteiger partial charge on any atom is 0.235 e. The van der Waals surface area contributed by atoms with Gasteiger partial charge in [0.15, 0.2) is 0 Å². The third kappa shape index (κ3) is 2.42. The summed E-state index contributed by atoms with van der Waals surface area (Å²) in [5.41, 5.74) is 0.947. The molecule has 1 aromatic carbocycles. The number of hydrogen-bond donors (Lipinski definition) is 0. The van der Waals surface area contributed by atoms with Gasteiger partial charge < -0.3 is 4.74 Å². The maximum absolute atomic E-state index is 10.0. The summed E-state index contributed by atoms with van der Waals surface area (Å²) < 4.78 is 5.04. The average Bonchev–Trinajstić information content (AvgIpc) is 2.18. The van der Waals surface area contributed by atoms with Crippen LogP contribution in [-0.2, 0) is 4.79 Å². The summed E-state index contributed by atoms with van der Waals surface area (Å²) in [6, 6.07) is 7.30. The minimum atomic E-state index is -0.160. The number of hydrogen-bond acceptors (Lipinski definition) is 3. The summed E-state index contributed by atoms with van der Waals surface area (Å²) in [5.74, 6) is 0.769. The van der Waals surface area contributed by atoms with E-state index in [9.17, 15) is 4.79 Å². The van der Waals surface area contributed by atoms with E-state index < -0.39 is 0 Å². The molecule has 1 rings (SSSR count). The lowest BCUT2D eigenvalue weighted by atomic mass is 10.1. The first-order valence-corrected chi connectivity index (χ1v) is 3.99. The van der Waals surface area contributed by atoms with Crippen molar-refractivity contribution in [1.29, 1.82) is 0 Å². The van der Waals surface area contributed by atoms with Crippen molar-refractivity contribution in [3.63, 3.8) is 0 Å². The third-order valence-corrected chi connectivity index (χ3v) is 1.82. The Morgan fingerprint density at radius 3 is 2.92 bits per heavy atom. The number of rotatable bonds is 3. The molecule has 0 heterocycles. The summed E-state index contributed by atoms with van der Waals surface area (Å²) in [6.07, 6.45) is 1.54. The van der Waals surface area contributed by atoms with Crippen LogP contribution in [0.25, 0.3) is 0 Å². The molecule has 68 valence electrons. The van der Waals surface area contributed by atoms with E-state index in [1.165, 1.54) is 6.08 Å². The normalized spacial score (nSPS) is 11.5. The average molecular weight is 177 g/mol. The predicted molar refractivity (Wildman–Crippen MR) is 49.5 cm³/mol. The van der Waals surface area contributed by atoms with Crippen molar-refractivity contribution in [2.45, 2.75) is 13.0 Å². The third-order valence-electron chi connectivity index (χ3n) is 1.82. The van der Waals surface area contributed by atoms with Crippen LogP contribution in [0.4, 0.5) is 0 Å². The van der Waals surface area contributed by atoms with Crippen molar-refractivity contribution < 1.29 is 9.53 Å². The fourth-order valence-electron chi connectivity index (χ4n) is 1.05. The molecule has 0 spiro atoms. The zero-order valence-corrected chi connectivity index (χ0v) is 7.65. The first-order chi connectivity index (χ1) is 6.27. The lowest BCUT2D eigenvalue weighted by Gasteiger charge is -2.05. The van der Waals surface area contributed by atoms with Gasteiger partial charge in [0, 0.05) is 0 Å². The molecule has 0 fully saturated rings. The zero-order chi connectivity index (χ0) is 9.68. The summed E-state index contributed by atoms with van der Waals surface area (Å²) in [6.45, 7) is 1.83. The monoisotopic (exact) mass is 177 g/mol. The first-order valence-electron chi connectivity index (χ1n) is 3.99. The number of ether oxygens (including phenoxy) is 1. The Morgan fingerprint density at radius 2 is 2.31 bits per heavy atom. The van der Waals surface area contributed by atoms with E-state index in [4.69, 9.17) is 4.74 Å². The van der Waals surface area contributed by atoms with Crippen LogP contribution in [0.1, 0.15) is 18.5 Å². The molecule has 3 heteroatoms. The van der Waals surface area contributed by atoms with Crippen LogP contribution < -0.4 is 4.74 Å². The van der Waals surface area contributed by atoms with Gasteiger partial charge in [0.1, 0.15) is 5.75 Å². The van der Waals surface area contributed by atoms with Gasteiger partial charge in [-0.1, -0.05) is 12.1 Å². The number of isocyanates is 1. The molecule has 0 N–H and O–H groups in total. The Balaban J connectivity index is 2.94. The summed E-state index contributed by atoms with van der Waals surface area (Å²) in [7, 11) is 1.60. The Hall–Kier alpha value is -1.60. The molecule has 0 bridgehead atoms. The number of carbonyl (C=O) groups excluding carboxylic acids is 1. The molecule has 0 saturated heterocycles. The summed E-state index contributed by atoms with van der Waals surface area (Å²) in [5, 5.41) is 0. The fourth-order valence-corrected chi connectivity index (χ4v) is 1.05. The van der Waals surface area contributed by atoms with Gasteiger partial charge in [-0.2, -0.15) is 4.99 Å². The highest BCUT2D eigenvalue weighted by Crippen LogP contribution is 2.20. The molecule has 0 aliphatic rings. The number of nitrogens with zero attached hydrogens (tertiary/aromatic N) is 1. The van der Waals surface area contributed by atoms with Gasteiger partial charge in [-0.3, -0.25) is 0 Å². The Labute approximate surface area is 77.1 Å². The predicted octanol–water partition coefficient (Wildman–Crippen LogP) is 2.09. The van der Waals surface area contributed by atoms with Crippen molar-refractivity contribution in [3.8, 4) is 5.75 Å². The molecule has 0 saturated carbocycles. The van der Waals surface area contributed by atoms with Crippen LogP contribution in [0.5, 0.6) is 5.75 Å². The molecule has 1 aromatic rings. The summed E-state index contributed by atoms with van der Waals surface area (Å²) >= 11 is 0. The van der Waals surface area contributed by atoms with Crippen LogP contribution >= 0.6 is 0 Å². The van der Waals surface area contributed by atoms with Crippen LogP contribution in [0, 0.1) is 0 Å². The van der Waals surface area contributed by atoms with Crippen LogP contribution in [-0.4, -0.2) is 13.2 Å². The van der Waals surface area contributed by atoms with Gasteiger partial charge >= 0.3 is 0 Å². The minimum Gasteiger partial charge on any atom is -0.497 e. The van der Waals surface area contributed by atoms with Gasteiger partial charge in [0.2, 0.25) is 6.08 Å². The van der Waals surface area contributed by atoms with E-state index >= 15 is 0 Å². The van der Waals surface area contributed by atoms with Crippen LogP contribution in [0.3, 0.4) is 0 Å². The van der Waals surface area contributed by atoms with Crippen molar-refractivity contribution >= 4 is 6.08 Å². The van der Waals surface area contributed by atoms with Crippen LogP contribution in [0.15, 0.2) is 29.3 Å². The topological polar surface area (TPSA) is 38.7 Å². The molecule has 0 radical (unpaired) electrons. The standard InChI is InChI=1S/C10H11NO2/c1-8(11-7-12)9-4-3-5-10(6-9)13-2/h3-6,8H,1-2H3/t8-/m1/s1. The Kier molecular flexibility index (Phi) is 3.23. The second kappa shape index (κ2) is 4.43. The van der Waals surface area contributed by atoms with Crippen molar-refractivity contribution in [2.75, 3.05) is 7.11 Å². The molecule has 0 aromatic heterocycles. The Morgan fingerprint density at radius 1 is 1.54 bits per heavy atom. The largest absolute Gasteiger partial charge is 0.497 e. The molecule has 13 heavy (non-hydrogen) atoms. The lowest BCUT2D eigenvalue weighted by molar-refractivity contribution is 0.414. The Bertz CT molecular complexity index is 329. The summed E-state index contributed by atoms with van der Waals surface area (Å²) in [4.78, 5) is 13.6. The molecular weight excluding hydrogens is 166 g/mol. The number of methoxy groups -OCH3 is 1. The molecule has 0 amide bonds. The van der Waals surface area contributed by atoms with Gasteiger partial charge in [0.25, 0.3) is 0 Å². The lowest BCUT2D eigenvalue weighted by Crippen LogP contribution is -1.90. The SMILES string of the molecule is COc1cccc([C@@H](C)N=C=O)c1. The minimum absolute atomic E-state index is 0.160.